The van der Waals surface area contributed by atoms with Gasteiger partial charge in [-0.25, -0.2) is 4.98 Å². The van der Waals surface area contributed by atoms with Crippen molar-refractivity contribution in [2.75, 3.05) is 11.4 Å². The van der Waals surface area contributed by atoms with E-state index in [0.29, 0.717) is 17.2 Å². The van der Waals surface area contributed by atoms with Gasteiger partial charge in [0.2, 0.25) is 5.91 Å². The fraction of sp³-hybridized carbons (Fsp3) is 0.143. The molecule has 0 atom stereocenters. The van der Waals surface area contributed by atoms with Crippen molar-refractivity contribution in [3.63, 3.8) is 0 Å². The number of benzene rings is 2. The summed E-state index contributed by atoms with van der Waals surface area (Å²) < 4.78 is 28.8. The molecule has 1 heterocycles. The molecule has 0 unspecified atom stereocenters. The first-order valence-corrected chi connectivity index (χ1v) is 9.40. The Morgan fingerprint density at radius 1 is 1.18 bits per heavy atom. The topological polar surface area (TPSA) is 42.4 Å². The van der Waals surface area contributed by atoms with Crippen LogP contribution in [0.2, 0.25) is 0 Å². The zero-order valence-electron chi connectivity index (χ0n) is 14.9. The number of rotatable bonds is 8. The van der Waals surface area contributed by atoms with E-state index in [1.807, 2.05) is 35.7 Å². The van der Waals surface area contributed by atoms with E-state index in [1.165, 1.54) is 23.5 Å². The summed E-state index contributed by atoms with van der Waals surface area (Å²) in [5.41, 5.74) is 2.47. The standard InChI is InChI=1S/C21H18F2N2O2S/c1-2-12-25(21-24-18(14-28-21)16-6-4-3-5-7-16)19(26)13-15-8-10-17(11-9-15)27-20(22)23/h2-11,14,20H,1,12-13H2. The average Bonchev–Trinajstić information content (AvgIpc) is 3.17. The summed E-state index contributed by atoms with van der Waals surface area (Å²) in [5.74, 6) is -0.0991. The van der Waals surface area contributed by atoms with Crippen molar-refractivity contribution in [3.05, 3.63) is 78.2 Å². The van der Waals surface area contributed by atoms with Crippen molar-refractivity contribution in [2.24, 2.45) is 0 Å². The Labute approximate surface area is 165 Å². The minimum Gasteiger partial charge on any atom is -0.435 e. The number of nitrogens with zero attached hydrogens (tertiary/aromatic N) is 2. The average molecular weight is 400 g/mol. The third-order valence-corrected chi connectivity index (χ3v) is 4.77. The second-order valence-corrected chi connectivity index (χ2v) is 6.71. The van der Waals surface area contributed by atoms with Gasteiger partial charge < -0.3 is 4.74 Å². The van der Waals surface area contributed by atoms with Crippen LogP contribution in [0.4, 0.5) is 13.9 Å². The Balaban J connectivity index is 1.74. The fourth-order valence-corrected chi connectivity index (χ4v) is 3.46. The predicted molar refractivity (Wildman–Crippen MR) is 107 cm³/mol. The number of carbonyl (C=O) groups is 1. The lowest BCUT2D eigenvalue weighted by molar-refractivity contribution is -0.117. The maximum Gasteiger partial charge on any atom is 0.387 e. The smallest absolute Gasteiger partial charge is 0.387 e. The first-order valence-electron chi connectivity index (χ1n) is 8.53. The second-order valence-electron chi connectivity index (χ2n) is 5.87. The maximum absolute atomic E-state index is 12.8. The van der Waals surface area contributed by atoms with Crippen molar-refractivity contribution < 1.29 is 18.3 Å². The summed E-state index contributed by atoms with van der Waals surface area (Å²) >= 11 is 1.38. The highest BCUT2D eigenvalue weighted by atomic mass is 32.1. The van der Waals surface area contributed by atoms with Crippen molar-refractivity contribution in [1.82, 2.24) is 4.98 Å². The molecule has 0 spiro atoms. The van der Waals surface area contributed by atoms with Gasteiger partial charge in [0.15, 0.2) is 5.13 Å². The van der Waals surface area contributed by atoms with Crippen molar-refractivity contribution >= 4 is 22.4 Å². The van der Waals surface area contributed by atoms with Crippen LogP contribution in [0.5, 0.6) is 5.75 Å². The van der Waals surface area contributed by atoms with Crippen molar-refractivity contribution in [3.8, 4) is 17.0 Å². The number of thiazole rings is 1. The van der Waals surface area contributed by atoms with Gasteiger partial charge in [-0.2, -0.15) is 8.78 Å². The molecular weight excluding hydrogens is 382 g/mol. The molecule has 0 N–H and O–H groups in total. The van der Waals surface area contributed by atoms with E-state index in [9.17, 15) is 13.6 Å². The molecule has 3 aromatic rings. The lowest BCUT2D eigenvalue weighted by Crippen LogP contribution is -2.32. The summed E-state index contributed by atoms with van der Waals surface area (Å²) in [7, 11) is 0. The van der Waals surface area contributed by atoms with Gasteiger partial charge in [-0.1, -0.05) is 48.5 Å². The zero-order chi connectivity index (χ0) is 19.9. The number of amides is 1. The largest absolute Gasteiger partial charge is 0.435 e. The highest BCUT2D eigenvalue weighted by Gasteiger charge is 2.19. The van der Waals surface area contributed by atoms with Crippen LogP contribution >= 0.6 is 11.3 Å². The van der Waals surface area contributed by atoms with Gasteiger partial charge in [0.1, 0.15) is 5.75 Å². The number of halogens is 2. The van der Waals surface area contributed by atoms with Crippen LogP contribution in [0.15, 0.2) is 72.6 Å². The number of anilines is 1. The second kappa shape index (κ2) is 9.23. The molecule has 144 valence electrons. The quantitative estimate of drug-likeness (QED) is 0.490. The SMILES string of the molecule is C=CCN(C(=O)Cc1ccc(OC(F)F)cc1)c1nc(-c2ccccc2)cs1. The Kier molecular flexibility index (Phi) is 6.49. The van der Waals surface area contributed by atoms with Crippen LogP contribution in [0.25, 0.3) is 11.3 Å². The predicted octanol–water partition coefficient (Wildman–Crippen LogP) is 5.17. The summed E-state index contributed by atoms with van der Waals surface area (Å²) in [6, 6.07) is 15.8. The van der Waals surface area contributed by atoms with Gasteiger partial charge in [-0.3, -0.25) is 9.69 Å². The van der Waals surface area contributed by atoms with Crippen LogP contribution in [0.1, 0.15) is 5.56 Å². The molecule has 28 heavy (non-hydrogen) atoms. The molecule has 2 aromatic carbocycles. The van der Waals surface area contributed by atoms with E-state index in [-0.39, 0.29) is 18.1 Å². The van der Waals surface area contributed by atoms with Crippen LogP contribution < -0.4 is 9.64 Å². The lowest BCUT2D eigenvalue weighted by atomic mass is 10.1. The minimum atomic E-state index is -2.88. The van der Waals surface area contributed by atoms with Crippen LogP contribution in [0, 0.1) is 0 Å². The molecule has 0 bridgehead atoms. The Hall–Kier alpha value is -3.06. The molecule has 3 rings (SSSR count). The Bertz CT molecular complexity index is 927. The monoisotopic (exact) mass is 400 g/mol. The van der Waals surface area contributed by atoms with Crippen LogP contribution in [-0.2, 0) is 11.2 Å². The lowest BCUT2D eigenvalue weighted by Gasteiger charge is -2.18. The first-order chi connectivity index (χ1) is 13.6. The van der Waals surface area contributed by atoms with Gasteiger partial charge in [0.05, 0.1) is 12.1 Å². The number of aromatic nitrogens is 1. The normalized spacial score (nSPS) is 10.7. The summed E-state index contributed by atoms with van der Waals surface area (Å²) in [5, 5.41) is 2.49. The number of carbonyl (C=O) groups excluding carboxylic acids is 1. The molecule has 0 fully saturated rings. The molecule has 0 aliphatic carbocycles. The minimum absolute atomic E-state index is 0.0570. The number of ether oxygens (including phenoxy) is 1. The van der Waals surface area contributed by atoms with E-state index in [2.05, 4.69) is 16.3 Å². The highest BCUT2D eigenvalue weighted by molar-refractivity contribution is 7.14. The third kappa shape index (κ3) is 5.01. The maximum atomic E-state index is 12.8. The highest BCUT2D eigenvalue weighted by Crippen LogP contribution is 2.28. The number of alkyl halides is 2. The molecule has 7 heteroatoms. The first kappa shape index (κ1) is 19.7. The number of hydrogen-bond acceptors (Lipinski definition) is 4. The van der Waals surface area contributed by atoms with Gasteiger partial charge in [-0.15, -0.1) is 17.9 Å². The summed E-state index contributed by atoms with van der Waals surface area (Å²) in [6.45, 7) is 1.17. The van der Waals surface area contributed by atoms with Gasteiger partial charge >= 0.3 is 6.61 Å². The Morgan fingerprint density at radius 2 is 1.89 bits per heavy atom. The van der Waals surface area contributed by atoms with Crippen molar-refractivity contribution in [2.45, 2.75) is 13.0 Å². The Morgan fingerprint density at radius 3 is 2.54 bits per heavy atom. The molecule has 1 aromatic heterocycles. The molecule has 1 amide bonds. The summed E-state index contributed by atoms with van der Waals surface area (Å²) in [4.78, 5) is 18.9. The van der Waals surface area contributed by atoms with Gasteiger partial charge in [0, 0.05) is 17.5 Å². The van der Waals surface area contributed by atoms with Crippen LogP contribution in [0.3, 0.4) is 0 Å². The van der Waals surface area contributed by atoms with E-state index >= 15 is 0 Å². The molecule has 0 aliphatic rings. The molecule has 4 nitrogen and oxygen atoms in total. The van der Waals surface area contributed by atoms with Gasteiger partial charge in [0.25, 0.3) is 0 Å². The van der Waals surface area contributed by atoms with E-state index in [1.54, 1.807) is 23.1 Å². The molecule has 0 saturated carbocycles. The third-order valence-electron chi connectivity index (χ3n) is 3.91. The molecule has 0 saturated heterocycles. The summed E-state index contributed by atoms with van der Waals surface area (Å²) in [6.07, 6.45) is 1.75. The molecular formula is C21H18F2N2O2S. The fourth-order valence-electron chi connectivity index (χ4n) is 2.60. The van der Waals surface area contributed by atoms with Gasteiger partial charge in [-0.05, 0) is 17.7 Å². The molecule has 0 aliphatic heterocycles. The van der Waals surface area contributed by atoms with Crippen molar-refractivity contribution in [1.29, 1.82) is 0 Å². The van der Waals surface area contributed by atoms with E-state index in [4.69, 9.17) is 0 Å². The van der Waals surface area contributed by atoms with E-state index < -0.39 is 6.61 Å². The number of hydrogen-bond donors (Lipinski definition) is 0. The van der Waals surface area contributed by atoms with Crippen LogP contribution in [-0.4, -0.2) is 24.0 Å². The molecule has 0 radical (unpaired) electrons. The zero-order valence-corrected chi connectivity index (χ0v) is 15.7. The van der Waals surface area contributed by atoms with E-state index in [0.717, 1.165) is 11.3 Å².